The lowest BCUT2D eigenvalue weighted by Crippen LogP contribution is -2.44. The minimum Gasteiger partial charge on any atom is -0.449 e. The topological polar surface area (TPSA) is 110 Å². The third-order valence-electron chi connectivity index (χ3n) is 4.58. The van der Waals surface area contributed by atoms with Crippen LogP contribution < -0.4 is 5.32 Å². The van der Waals surface area contributed by atoms with E-state index in [0.717, 1.165) is 4.90 Å². The van der Waals surface area contributed by atoms with Crippen molar-refractivity contribution < 1.29 is 27.5 Å². The van der Waals surface area contributed by atoms with E-state index in [1.54, 1.807) is 12.1 Å². The number of thioether (sulfide) groups is 1. The Balaban J connectivity index is 1.64. The molecule has 1 N–H and O–H groups in total. The number of carbonyl (C=O) groups is 3. The predicted octanol–water partition coefficient (Wildman–Crippen LogP) is 0.922. The first kappa shape index (κ1) is 19.7. The van der Waals surface area contributed by atoms with Gasteiger partial charge in [0.15, 0.2) is 15.9 Å². The molecule has 1 saturated heterocycles. The van der Waals surface area contributed by atoms with Gasteiger partial charge in [-0.1, -0.05) is 0 Å². The molecule has 10 heteroatoms. The Hall–Kier alpha value is -2.07. The van der Waals surface area contributed by atoms with Gasteiger partial charge in [0.05, 0.1) is 28.5 Å². The van der Waals surface area contributed by atoms with Crippen LogP contribution in [0.1, 0.15) is 23.7 Å². The number of fused-ring (bicyclic) bond motifs is 1. The molecular weight excluding hydrogens is 392 g/mol. The number of amides is 2. The maximum Gasteiger partial charge on any atom is 0.338 e. The molecule has 146 valence electrons. The van der Waals surface area contributed by atoms with Gasteiger partial charge in [-0.25, -0.2) is 13.2 Å². The summed E-state index contributed by atoms with van der Waals surface area (Å²) in [6.07, 6.45) is -0.668. The Bertz CT molecular complexity index is 899. The maximum atomic E-state index is 12.5. The summed E-state index contributed by atoms with van der Waals surface area (Å²) >= 11 is 1.38. The predicted molar refractivity (Wildman–Crippen MR) is 101 cm³/mol. The monoisotopic (exact) mass is 412 g/mol. The van der Waals surface area contributed by atoms with Crippen LogP contribution in [0.3, 0.4) is 0 Å². The van der Waals surface area contributed by atoms with Crippen LogP contribution in [0.25, 0.3) is 0 Å². The quantitative estimate of drug-likeness (QED) is 0.732. The number of nitrogens with zero attached hydrogens (tertiary/aromatic N) is 1. The molecule has 3 rings (SSSR count). The number of carbonyl (C=O) groups excluding carboxylic acids is 3. The largest absolute Gasteiger partial charge is 0.449 e. The molecule has 27 heavy (non-hydrogen) atoms. The lowest BCUT2D eigenvalue weighted by Gasteiger charge is -2.26. The fourth-order valence-electron chi connectivity index (χ4n) is 3.04. The second kappa shape index (κ2) is 7.51. The molecule has 1 fully saturated rings. The number of likely N-dealkylation sites (N-methyl/N-ethyl adjacent to an activating group) is 1. The molecular formula is C17H20N2O6S2. The molecule has 2 atom stereocenters. The molecule has 0 bridgehead atoms. The van der Waals surface area contributed by atoms with E-state index in [0.29, 0.717) is 17.9 Å². The van der Waals surface area contributed by atoms with Crippen LogP contribution >= 0.6 is 11.8 Å². The number of hydrogen-bond acceptors (Lipinski definition) is 7. The Morgan fingerprint density at radius 1 is 1.37 bits per heavy atom. The van der Waals surface area contributed by atoms with Crippen molar-refractivity contribution in [1.29, 1.82) is 0 Å². The zero-order valence-corrected chi connectivity index (χ0v) is 16.6. The lowest BCUT2D eigenvalue weighted by molar-refractivity contribution is -0.140. The van der Waals surface area contributed by atoms with Gasteiger partial charge < -0.3 is 15.0 Å². The second-order valence-corrected chi connectivity index (χ2v) is 9.85. The van der Waals surface area contributed by atoms with Crippen LogP contribution in [0.4, 0.5) is 5.69 Å². The molecule has 0 saturated carbocycles. The van der Waals surface area contributed by atoms with Crippen LogP contribution in [-0.2, 0) is 24.2 Å². The SMILES string of the molecule is C[C@H](OC(=O)c1ccc2c(c1)NC(=O)CS2)C(=O)N(C)[C@H]1CCS(=O)(=O)C1. The molecule has 0 unspecified atom stereocenters. The zero-order valence-electron chi connectivity index (χ0n) is 14.9. The van der Waals surface area contributed by atoms with Crippen molar-refractivity contribution in [1.82, 2.24) is 4.90 Å². The molecule has 0 radical (unpaired) electrons. The zero-order chi connectivity index (χ0) is 19.8. The van der Waals surface area contributed by atoms with Crippen LogP contribution in [0, 0.1) is 0 Å². The van der Waals surface area contributed by atoms with E-state index in [1.807, 2.05) is 0 Å². The van der Waals surface area contributed by atoms with E-state index in [4.69, 9.17) is 4.74 Å². The molecule has 8 nitrogen and oxygen atoms in total. The summed E-state index contributed by atoms with van der Waals surface area (Å²) in [6.45, 7) is 1.45. The van der Waals surface area contributed by atoms with Crippen LogP contribution in [0.15, 0.2) is 23.1 Å². The number of anilines is 1. The van der Waals surface area contributed by atoms with Gasteiger partial charge >= 0.3 is 5.97 Å². The first-order valence-electron chi connectivity index (χ1n) is 8.41. The number of rotatable bonds is 4. The number of ether oxygens (including phenoxy) is 1. The summed E-state index contributed by atoms with van der Waals surface area (Å²) in [5.41, 5.74) is 0.764. The number of esters is 1. The Labute approximate surface area is 161 Å². The highest BCUT2D eigenvalue weighted by Crippen LogP contribution is 2.32. The highest BCUT2D eigenvalue weighted by Gasteiger charge is 2.35. The number of hydrogen-bond donors (Lipinski definition) is 1. The van der Waals surface area contributed by atoms with Crippen molar-refractivity contribution in [3.05, 3.63) is 23.8 Å². The number of nitrogens with one attached hydrogen (secondary N) is 1. The first-order chi connectivity index (χ1) is 12.7. The van der Waals surface area contributed by atoms with Gasteiger partial charge in [0.2, 0.25) is 5.91 Å². The van der Waals surface area contributed by atoms with Crippen molar-refractivity contribution in [3.8, 4) is 0 Å². The van der Waals surface area contributed by atoms with Gasteiger partial charge in [-0.15, -0.1) is 11.8 Å². The van der Waals surface area contributed by atoms with E-state index in [1.165, 1.54) is 36.7 Å². The smallest absolute Gasteiger partial charge is 0.338 e. The summed E-state index contributed by atoms with van der Waals surface area (Å²) in [5, 5.41) is 2.69. The van der Waals surface area contributed by atoms with Crippen molar-refractivity contribution in [2.24, 2.45) is 0 Å². The van der Waals surface area contributed by atoms with E-state index in [9.17, 15) is 22.8 Å². The molecule has 2 aliphatic rings. The molecule has 1 aromatic rings. The molecule has 1 aromatic carbocycles. The first-order valence-corrected chi connectivity index (χ1v) is 11.2. The fraction of sp³-hybridized carbons (Fsp3) is 0.471. The van der Waals surface area contributed by atoms with Crippen LogP contribution in [-0.4, -0.2) is 67.6 Å². The highest BCUT2D eigenvalue weighted by atomic mass is 32.2. The maximum absolute atomic E-state index is 12.5. The van der Waals surface area contributed by atoms with Crippen molar-refractivity contribution in [2.75, 3.05) is 29.6 Å². The van der Waals surface area contributed by atoms with Crippen molar-refractivity contribution in [2.45, 2.75) is 30.4 Å². The van der Waals surface area contributed by atoms with E-state index >= 15 is 0 Å². The summed E-state index contributed by atoms with van der Waals surface area (Å²) in [4.78, 5) is 38.5. The van der Waals surface area contributed by atoms with E-state index < -0.39 is 33.9 Å². The van der Waals surface area contributed by atoms with Crippen LogP contribution in [0.2, 0.25) is 0 Å². The Morgan fingerprint density at radius 3 is 2.78 bits per heavy atom. The molecule has 0 aromatic heterocycles. The second-order valence-electron chi connectivity index (χ2n) is 6.60. The average Bonchev–Trinajstić information content (AvgIpc) is 2.99. The molecule has 2 heterocycles. The summed E-state index contributed by atoms with van der Waals surface area (Å²) in [6, 6.07) is 4.42. The van der Waals surface area contributed by atoms with Gasteiger partial charge in [-0.2, -0.15) is 0 Å². The summed E-state index contributed by atoms with van der Waals surface area (Å²) < 4.78 is 28.4. The van der Waals surface area contributed by atoms with Gasteiger partial charge in [-0.3, -0.25) is 9.59 Å². The average molecular weight is 412 g/mol. The molecule has 2 aliphatic heterocycles. The number of benzene rings is 1. The summed E-state index contributed by atoms with van der Waals surface area (Å²) in [7, 11) is -1.60. The Kier molecular flexibility index (Phi) is 5.48. The highest BCUT2D eigenvalue weighted by molar-refractivity contribution is 8.00. The Morgan fingerprint density at radius 2 is 2.11 bits per heavy atom. The standard InChI is InChI=1S/C17H20N2O6S2/c1-10(16(21)19(2)12-5-6-27(23,24)9-12)25-17(22)11-3-4-14-13(7-11)18-15(20)8-26-14/h3-4,7,10,12H,5-6,8-9H2,1-2H3,(H,18,20)/t10-,12-/m0/s1. The van der Waals surface area contributed by atoms with Gasteiger partial charge in [0, 0.05) is 18.0 Å². The third-order valence-corrected chi connectivity index (χ3v) is 7.41. The van der Waals surface area contributed by atoms with Gasteiger partial charge in [-0.05, 0) is 31.5 Å². The minimum atomic E-state index is -3.12. The fourth-order valence-corrected chi connectivity index (χ4v) is 5.60. The number of sulfone groups is 1. The van der Waals surface area contributed by atoms with E-state index in [-0.39, 0.29) is 23.0 Å². The van der Waals surface area contributed by atoms with Gasteiger partial charge in [0.25, 0.3) is 5.91 Å². The van der Waals surface area contributed by atoms with Crippen molar-refractivity contribution >= 4 is 45.1 Å². The van der Waals surface area contributed by atoms with Crippen molar-refractivity contribution in [3.63, 3.8) is 0 Å². The normalized spacial score (nSPS) is 21.7. The molecule has 0 aliphatic carbocycles. The third kappa shape index (κ3) is 4.44. The van der Waals surface area contributed by atoms with E-state index in [2.05, 4.69) is 5.32 Å². The van der Waals surface area contributed by atoms with Crippen LogP contribution in [0.5, 0.6) is 0 Å². The lowest BCUT2D eigenvalue weighted by atomic mass is 10.2. The molecule has 2 amide bonds. The minimum absolute atomic E-state index is 0.0579. The van der Waals surface area contributed by atoms with Gasteiger partial charge in [0.1, 0.15) is 0 Å². The summed E-state index contributed by atoms with van der Waals surface area (Å²) in [5.74, 6) is -0.968. The molecule has 0 spiro atoms.